The van der Waals surface area contributed by atoms with Crippen molar-refractivity contribution in [2.45, 2.75) is 20.4 Å². The molecule has 132 valence electrons. The molecule has 1 amide bonds. The van der Waals surface area contributed by atoms with Crippen LogP contribution in [0.4, 0.5) is 11.4 Å². The zero-order valence-electron chi connectivity index (χ0n) is 14.8. The highest BCUT2D eigenvalue weighted by atomic mass is 16.1. The van der Waals surface area contributed by atoms with Gasteiger partial charge in [-0.05, 0) is 61.9 Å². The van der Waals surface area contributed by atoms with E-state index < -0.39 is 0 Å². The predicted molar refractivity (Wildman–Crippen MR) is 104 cm³/mol. The summed E-state index contributed by atoms with van der Waals surface area (Å²) in [7, 11) is 0. The highest BCUT2D eigenvalue weighted by Crippen LogP contribution is 2.16. The molecule has 0 aliphatic carbocycles. The Kier molecular flexibility index (Phi) is 5.17. The molecule has 3 N–H and O–H groups in total. The van der Waals surface area contributed by atoms with Gasteiger partial charge < -0.3 is 15.6 Å². The molecular weight excluding hydrogens is 326 g/mol. The maximum atomic E-state index is 12.3. The van der Waals surface area contributed by atoms with Crippen LogP contribution in [0.1, 0.15) is 27.2 Å². The van der Waals surface area contributed by atoms with Crippen LogP contribution in [-0.2, 0) is 6.54 Å². The fourth-order valence-corrected chi connectivity index (χ4v) is 2.77. The summed E-state index contributed by atoms with van der Waals surface area (Å²) in [5, 5.41) is 6.08. The third-order valence-corrected chi connectivity index (χ3v) is 4.13. The van der Waals surface area contributed by atoms with Gasteiger partial charge >= 0.3 is 0 Å². The lowest BCUT2D eigenvalue weighted by molar-refractivity contribution is 0.0951. The number of carbonyl (C=O) groups excluding carboxylic acids is 1. The summed E-state index contributed by atoms with van der Waals surface area (Å²) in [6.07, 6.45) is 0. The van der Waals surface area contributed by atoms with Crippen molar-refractivity contribution in [3.8, 4) is 0 Å². The number of pyridine rings is 1. The average molecular weight is 347 g/mol. The van der Waals surface area contributed by atoms with Gasteiger partial charge in [0, 0.05) is 34.7 Å². The first kappa shape index (κ1) is 17.5. The van der Waals surface area contributed by atoms with Crippen LogP contribution in [0, 0.1) is 13.8 Å². The van der Waals surface area contributed by atoms with Gasteiger partial charge in [-0.15, -0.1) is 0 Å². The molecule has 5 nitrogen and oxygen atoms in total. The van der Waals surface area contributed by atoms with E-state index in [9.17, 15) is 9.59 Å². The van der Waals surface area contributed by atoms with E-state index in [1.165, 1.54) is 0 Å². The Morgan fingerprint density at radius 3 is 2.27 bits per heavy atom. The van der Waals surface area contributed by atoms with Crippen molar-refractivity contribution >= 4 is 17.3 Å². The number of amides is 1. The van der Waals surface area contributed by atoms with E-state index in [-0.39, 0.29) is 18.0 Å². The number of para-hydroxylation sites is 1. The van der Waals surface area contributed by atoms with Crippen molar-refractivity contribution in [3.63, 3.8) is 0 Å². The lowest BCUT2D eigenvalue weighted by Crippen LogP contribution is -2.27. The van der Waals surface area contributed by atoms with Crippen molar-refractivity contribution in [1.82, 2.24) is 10.3 Å². The molecule has 0 bridgehead atoms. The number of aromatic amines is 1. The van der Waals surface area contributed by atoms with E-state index in [1.807, 2.05) is 62.4 Å². The van der Waals surface area contributed by atoms with Gasteiger partial charge in [0.25, 0.3) is 11.5 Å². The molecule has 0 fully saturated rings. The van der Waals surface area contributed by atoms with Crippen LogP contribution in [0.5, 0.6) is 0 Å². The van der Waals surface area contributed by atoms with Crippen LogP contribution in [0.3, 0.4) is 0 Å². The fraction of sp³-hybridized carbons (Fsp3) is 0.143. The number of H-pyrrole nitrogens is 1. The molecule has 0 saturated carbocycles. The van der Waals surface area contributed by atoms with Crippen LogP contribution >= 0.6 is 0 Å². The Labute approximate surface area is 152 Å². The van der Waals surface area contributed by atoms with Crippen LogP contribution in [-0.4, -0.2) is 10.9 Å². The molecule has 0 radical (unpaired) electrons. The van der Waals surface area contributed by atoms with Crippen LogP contribution in [0.15, 0.2) is 65.5 Å². The second-order valence-electron chi connectivity index (χ2n) is 6.19. The van der Waals surface area contributed by atoms with Crippen molar-refractivity contribution < 1.29 is 4.79 Å². The molecule has 3 aromatic rings. The highest BCUT2D eigenvalue weighted by Gasteiger charge is 2.09. The van der Waals surface area contributed by atoms with Crippen molar-refractivity contribution in [1.29, 1.82) is 0 Å². The average Bonchev–Trinajstić information content (AvgIpc) is 2.62. The van der Waals surface area contributed by atoms with Gasteiger partial charge in [-0.2, -0.15) is 0 Å². The van der Waals surface area contributed by atoms with Crippen LogP contribution < -0.4 is 16.2 Å². The minimum atomic E-state index is -0.212. The Morgan fingerprint density at radius 1 is 0.962 bits per heavy atom. The van der Waals surface area contributed by atoms with Gasteiger partial charge in [0.05, 0.1) is 0 Å². The third-order valence-electron chi connectivity index (χ3n) is 4.13. The summed E-state index contributed by atoms with van der Waals surface area (Å²) in [5.74, 6) is -0.212. The van der Waals surface area contributed by atoms with E-state index in [4.69, 9.17) is 0 Å². The van der Waals surface area contributed by atoms with E-state index in [1.54, 1.807) is 12.1 Å². The first-order valence-electron chi connectivity index (χ1n) is 8.42. The summed E-state index contributed by atoms with van der Waals surface area (Å²) in [6, 6.07) is 18.9. The van der Waals surface area contributed by atoms with Gasteiger partial charge in [-0.1, -0.05) is 18.2 Å². The topological polar surface area (TPSA) is 74.0 Å². The Morgan fingerprint density at radius 2 is 1.62 bits per heavy atom. The summed E-state index contributed by atoms with van der Waals surface area (Å²) in [5.41, 5.74) is 4.52. The third kappa shape index (κ3) is 4.19. The zero-order chi connectivity index (χ0) is 18.5. The molecule has 0 aliphatic rings. The molecule has 0 saturated heterocycles. The summed E-state index contributed by atoms with van der Waals surface area (Å²) in [4.78, 5) is 27.1. The number of nitrogens with one attached hydrogen (secondary N) is 3. The molecule has 1 aromatic heterocycles. The van der Waals surface area contributed by atoms with Gasteiger partial charge in [-0.25, -0.2) is 0 Å². The Bertz CT molecular complexity index is 961. The van der Waals surface area contributed by atoms with Gasteiger partial charge in [0.15, 0.2) is 0 Å². The lowest BCUT2D eigenvalue weighted by Gasteiger charge is -2.09. The summed E-state index contributed by atoms with van der Waals surface area (Å²) < 4.78 is 0. The summed E-state index contributed by atoms with van der Waals surface area (Å²) >= 11 is 0. The summed E-state index contributed by atoms with van der Waals surface area (Å²) in [6.45, 7) is 3.90. The maximum absolute atomic E-state index is 12.3. The fourth-order valence-electron chi connectivity index (χ4n) is 2.77. The van der Waals surface area contributed by atoms with Crippen molar-refractivity contribution in [2.75, 3.05) is 5.32 Å². The van der Waals surface area contributed by atoms with Crippen LogP contribution in [0.2, 0.25) is 0 Å². The molecule has 0 aliphatic heterocycles. The lowest BCUT2D eigenvalue weighted by atomic mass is 10.1. The molecule has 2 aromatic carbocycles. The number of anilines is 2. The van der Waals surface area contributed by atoms with Gasteiger partial charge in [0.1, 0.15) is 0 Å². The number of aryl methyl sites for hydroxylation is 2. The monoisotopic (exact) mass is 347 g/mol. The number of rotatable bonds is 5. The maximum Gasteiger partial charge on any atom is 0.253 e. The minimum absolute atomic E-state index is 0.162. The van der Waals surface area contributed by atoms with Gasteiger partial charge in [-0.3, -0.25) is 9.59 Å². The number of aromatic nitrogens is 1. The van der Waals surface area contributed by atoms with E-state index >= 15 is 0 Å². The first-order valence-corrected chi connectivity index (χ1v) is 8.42. The van der Waals surface area contributed by atoms with Gasteiger partial charge in [0.2, 0.25) is 0 Å². The van der Waals surface area contributed by atoms with E-state index in [0.717, 1.165) is 22.6 Å². The van der Waals surface area contributed by atoms with Crippen molar-refractivity contribution in [2.24, 2.45) is 0 Å². The molecule has 5 heteroatoms. The Hall–Kier alpha value is -3.34. The normalized spacial score (nSPS) is 10.4. The van der Waals surface area contributed by atoms with E-state index in [2.05, 4.69) is 15.6 Å². The second kappa shape index (κ2) is 7.70. The highest BCUT2D eigenvalue weighted by molar-refractivity contribution is 5.94. The van der Waals surface area contributed by atoms with Crippen molar-refractivity contribution in [3.05, 3.63) is 93.4 Å². The second-order valence-corrected chi connectivity index (χ2v) is 6.19. The number of benzene rings is 2. The van der Waals surface area contributed by atoms with E-state index in [0.29, 0.717) is 11.1 Å². The Balaban J connectivity index is 1.64. The predicted octanol–water partition coefficient (Wildman–Crippen LogP) is 3.67. The standard InChI is InChI=1S/C21H21N3O2/c1-14-12-15(2)23-21(26)19(14)13-22-20(25)16-8-10-18(11-9-16)24-17-6-4-3-5-7-17/h3-12,24H,13H2,1-2H3,(H,22,25)(H,23,26). The minimum Gasteiger partial charge on any atom is -0.356 e. The molecule has 0 spiro atoms. The molecule has 0 unspecified atom stereocenters. The largest absolute Gasteiger partial charge is 0.356 e. The zero-order valence-corrected chi connectivity index (χ0v) is 14.8. The first-order chi connectivity index (χ1) is 12.5. The number of carbonyl (C=O) groups is 1. The molecular formula is C21H21N3O2. The molecule has 1 heterocycles. The number of hydrogen-bond acceptors (Lipinski definition) is 3. The molecule has 26 heavy (non-hydrogen) atoms. The molecule has 3 rings (SSSR count). The SMILES string of the molecule is Cc1cc(C)c(CNC(=O)c2ccc(Nc3ccccc3)cc2)c(=O)[nH]1. The number of hydrogen-bond donors (Lipinski definition) is 3. The smallest absolute Gasteiger partial charge is 0.253 e. The molecule has 0 atom stereocenters. The quantitative estimate of drug-likeness (QED) is 0.659. The van der Waals surface area contributed by atoms with Crippen LogP contribution in [0.25, 0.3) is 0 Å².